The monoisotopic (exact) mass is 494 g/mol. The molecule has 33 heavy (non-hydrogen) atoms. The van der Waals surface area contributed by atoms with Crippen molar-refractivity contribution in [2.24, 2.45) is 5.92 Å². The summed E-state index contributed by atoms with van der Waals surface area (Å²) in [6.45, 7) is 3.75. The Morgan fingerprint density at radius 3 is 2.42 bits per heavy atom. The molecule has 2 aliphatic heterocycles. The summed E-state index contributed by atoms with van der Waals surface area (Å²) < 4.78 is 46.2. The molecule has 0 aliphatic carbocycles. The van der Waals surface area contributed by atoms with E-state index in [9.17, 15) is 17.6 Å². The van der Waals surface area contributed by atoms with Crippen molar-refractivity contribution in [3.05, 3.63) is 58.9 Å². The number of likely N-dealkylation sites (tertiary alicyclic amines) is 1. The van der Waals surface area contributed by atoms with Crippen LogP contribution in [-0.4, -0.2) is 49.8 Å². The van der Waals surface area contributed by atoms with Gasteiger partial charge < -0.3 is 9.64 Å². The molecule has 2 saturated heterocycles. The van der Waals surface area contributed by atoms with Gasteiger partial charge in [-0.15, -0.1) is 0 Å². The number of carbonyl (C=O) groups is 1. The first-order valence-corrected chi connectivity index (χ1v) is 13.1. The Hall–Kier alpha value is -2.16. The van der Waals surface area contributed by atoms with Crippen LogP contribution in [0.1, 0.15) is 44.2 Å². The number of hydrogen-bond acceptors (Lipinski definition) is 4. The van der Waals surface area contributed by atoms with Gasteiger partial charge in [0.2, 0.25) is 15.9 Å². The van der Waals surface area contributed by atoms with Crippen molar-refractivity contribution in [1.29, 1.82) is 0 Å². The average Bonchev–Trinajstić information content (AvgIpc) is 3.31. The molecule has 2 aliphatic rings. The number of ether oxygens (including phenoxy) is 1. The summed E-state index contributed by atoms with van der Waals surface area (Å²) >= 11 is 5.77. The summed E-state index contributed by atoms with van der Waals surface area (Å²) in [6, 6.07) is 11.4. The summed E-state index contributed by atoms with van der Waals surface area (Å²) in [5.74, 6) is 0.0329. The van der Waals surface area contributed by atoms with Crippen LogP contribution in [0.5, 0.6) is 5.75 Å². The van der Waals surface area contributed by atoms with Crippen molar-refractivity contribution in [2.45, 2.75) is 43.5 Å². The molecule has 2 aromatic carbocycles. The number of piperidine rings is 1. The minimum absolute atomic E-state index is 0.0335. The van der Waals surface area contributed by atoms with Gasteiger partial charge in [0.1, 0.15) is 11.6 Å². The van der Waals surface area contributed by atoms with Gasteiger partial charge in [-0.3, -0.25) is 4.79 Å². The van der Waals surface area contributed by atoms with Gasteiger partial charge in [-0.05, 0) is 68.5 Å². The molecular formula is C24H28ClFN2O4S. The lowest BCUT2D eigenvalue weighted by Gasteiger charge is -2.34. The third kappa shape index (κ3) is 5.03. The summed E-state index contributed by atoms with van der Waals surface area (Å²) in [4.78, 5) is 15.3. The van der Waals surface area contributed by atoms with E-state index < -0.39 is 15.8 Å². The van der Waals surface area contributed by atoms with Crippen molar-refractivity contribution in [3.8, 4) is 5.75 Å². The highest BCUT2D eigenvalue weighted by molar-refractivity contribution is 7.89. The molecule has 1 amide bonds. The normalized spacial score (nSPS) is 20.2. The topological polar surface area (TPSA) is 66.9 Å². The highest BCUT2D eigenvalue weighted by Gasteiger charge is 2.37. The Kier molecular flexibility index (Phi) is 7.26. The summed E-state index contributed by atoms with van der Waals surface area (Å²) in [7, 11) is -3.79. The van der Waals surface area contributed by atoms with Crippen LogP contribution < -0.4 is 4.74 Å². The van der Waals surface area contributed by atoms with Gasteiger partial charge in [-0.25, -0.2) is 12.8 Å². The van der Waals surface area contributed by atoms with E-state index in [2.05, 4.69) is 0 Å². The van der Waals surface area contributed by atoms with Crippen molar-refractivity contribution >= 4 is 27.5 Å². The lowest BCUT2D eigenvalue weighted by Crippen LogP contribution is -2.44. The third-order valence-corrected chi connectivity index (χ3v) is 8.63. The molecule has 178 valence electrons. The largest absolute Gasteiger partial charge is 0.494 e. The predicted octanol–water partition coefficient (Wildman–Crippen LogP) is 4.64. The van der Waals surface area contributed by atoms with Crippen LogP contribution in [0.15, 0.2) is 47.4 Å². The fourth-order valence-electron chi connectivity index (χ4n) is 4.69. The van der Waals surface area contributed by atoms with Crippen LogP contribution in [0.4, 0.5) is 4.39 Å². The Morgan fingerprint density at radius 1 is 1.09 bits per heavy atom. The third-order valence-electron chi connectivity index (χ3n) is 6.44. The molecule has 1 atom stereocenters. The van der Waals surface area contributed by atoms with E-state index in [4.69, 9.17) is 16.3 Å². The molecule has 0 N–H and O–H groups in total. The zero-order chi connectivity index (χ0) is 23.6. The van der Waals surface area contributed by atoms with E-state index in [0.717, 1.165) is 36.3 Å². The number of nitrogens with zero attached hydrogens (tertiary/aromatic N) is 2. The van der Waals surface area contributed by atoms with Gasteiger partial charge >= 0.3 is 0 Å². The minimum atomic E-state index is -3.79. The molecule has 2 heterocycles. The second-order valence-corrected chi connectivity index (χ2v) is 10.8. The first kappa shape index (κ1) is 24.0. The standard InChI is InChI=1S/C24H28ClFN2O4S/c1-2-32-19-7-5-17(6-8-19)23-4-3-13-28(23)24(29)18-11-14-27(15-12-18)33(30,31)20-9-10-22(26)21(25)16-20/h5-10,16,18,23H,2-4,11-15H2,1H3/t23-/m1/s1. The molecule has 9 heteroatoms. The van der Waals surface area contributed by atoms with E-state index in [1.807, 2.05) is 36.1 Å². The SMILES string of the molecule is CCOc1ccc([C@H]2CCCN2C(=O)C2CCN(S(=O)(=O)c3ccc(F)c(Cl)c3)CC2)cc1. The van der Waals surface area contributed by atoms with Crippen LogP contribution in [0.25, 0.3) is 0 Å². The van der Waals surface area contributed by atoms with Crippen LogP contribution in [0.3, 0.4) is 0 Å². The van der Waals surface area contributed by atoms with E-state index in [1.165, 1.54) is 10.4 Å². The average molecular weight is 495 g/mol. The lowest BCUT2D eigenvalue weighted by atomic mass is 9.95. The summed E-state index contributed by atoms with van der Waals surface area (Å²) in [5.41, 5.74) is 1.09. The summed E-state index contributed by atoms with van der Waals surface area (Å²) in [6.07, 6.45) is 2.78. The Labute approximate surface area is 199 Å². The van der Waals surface area contributed by atoms with E-state index in [-0.39, 0.29) is 40.9 Å². The van der Waals surface area contributed by atoms with Crippen molar-refractivity contribution in [3.63, 3.8) is 0 Å². The van der Waals surface area contributed by atoms with Gasteiger partial charge in [0.25, 0.3) is 0 Å². The molecule has 0 radical (unpaired) electrons. The number of carbonyl (C=O) groups excluding carboxylic acids is 1. The molecule has 2 aromatic rings. The minimum Gasteiger partial charge on any atom is -0.494 e. The quantitative estimate of drug-likeness (QED) is 0.586. The van der Waals surface area contributed by atoms with Gasteiger partial charge in [0.15, 0.2) is 0 Å². The molecule has 0 spiro atoms. The molecule has 6 nitrogen and oxygen atoms in total. The van der Waals surface area contributed by atoms with Crippen LogP contribution in [0.2, 0.25) is 5.02 Å². The molecule has 0 bridgehead atoms. The molecule has 0 unspecified atom stereocenters. The molecule has 0 aromatic heterocycles. The molecule has 4 rings (SSSR count). The van der Waals surface area contributed by atoms with Gasteiger partial charge in [0.05, 0.1) is 22.6 Å². The zero-order valence-corrected chi connectivity index (χ0v) is 20.1. The van der Waals surface area contributed by atoms with Crippen molar-refractivity contribution in [1.82, 2.24) is 9.21 Å². The highest BCUT2D eigenvalue weighted by Crippen LogP contribution is 2.36. The van der Waals surface area contributed by atoms with Crippen LogP contribution in [-0.2, 0) is 14.8 Å². The van der Waals surface area contributed by atoms with Gasteiger partial charge in [0, 0.05) is 25.6 Å². The fraction of sp³-hybridized carbons (Fsp3) is 0.458. The highest BCUT2D eigenvalue weighted by atomic mass is 35.5. The Morgan fingerprint density at radius 2 is 1.79 bits per heavy atom. The predicted molar refractivity (Wildman–Crippen MR) is 124 cm³/mol. The maximum atomic E-state index is 13.4. The van der Waals surface area contributed by atoms with E-state index in [0.29, 0.717) is 26.0 Å². The molecular weight excluding hydrogens is 467 g/mol. The van der Waals surface area contributed by atoms with Gasteiger partial charge in [-0.2, -0.15) is 4.31 Å². The van der Waals surface area contributed by atoms with Gasteiger partial charge in [-0.1, -0.05) is 23.7 Å². The fourth-order valence-corrected chi connectivity index (χ4v) is 6.44. The smallest absolute Gasteiger partial charge is 0.243 e. The number of rotatable bonds is 6. The van der Waals surface area contributed by atoms with Crippen molar-refractivity contribution < 1.29 is 22.3 Å². The number of sulfonamides is 1. The number of hydrogen-bond donors (Lipinski definition) is 0. The number of benzene rings is 2. The lowest BCUT2D eigenvalue weighted by molar-refractivity contribution is -0.137. The van der Waals surface area contributed by atoms with E-state index in [1.54, 1.807) is 0 Å². The second-order valence-electron chi connectivity index (χ2n) is 8.45. The maximum Gasteiger partial charge on any atom is 0.243 e. The maximum absolute atomic E-state index is 13.4. The molecule has 2 fully saturated rings. The number of halogens is 2. The Bertz CT molecular complexity index is 1100. The zero-order valence-electron chi connectivity index (χ0n) is 18.5. The summed E-state index contributed by atoms with van der Waals surface area (Å²) in [5, 5.41) is -0.226. The van der Waals surface area contributed by atoms with E-state index >= 15 is 0 Å². The van der Waals surface area contributed by atoms with Crippen LogP contribution >= 0.6 is 11.6 Å². The first-order valence-electron chi connectivity index (χ1n) is 11.3. The second kappa shape index (κ2) is 9.99. The van der Waals surface area contributed by atoms with Crippen LogP contribution in [0, 0.1) is 11.7 Å². The first-order chi connectivity index (χ1) is 15.8. The number of amides is 1. The molecule has 0 saturated carbocycles. The Balaban J connectivity index is 1.40. The van der Waals surface area contributed by atoms with Crippen molar-refractivity contribution in [2.75, 3.05) is 26.2 Å².